The SMILES string of the molecule is Cn1c(=O)n(CC(=O)NC2CC2)c2ccccc21. The van der Waals surface area contributed by atoms with Crippen LogP contribution in [-0.2, 0) is 18.4 Å². The van der Waals surface area contributed by atoms with Gasteiger partial charge in [-0.1, -0.05) is 12.1 Å². The van der Waals surface area contributed by atoms with Crippen LogP contribution >= 0.6 is 0 Å². The van der Waals surface area contributed by atoms with Gasteiger partial charge in [0.2, 0.25) is 5.91 Å². The number of para-hydroxylation sites is 2. The average molecular weight is 245 g/mol. The maximum atomic E-state index is 12.1. The van der Waals surface area contributed by atoms with Crippen molar-refractivity contribution in [2.75, 3.05) is 0 Å². The van der Waals surface area contributed by atoms with Crippen LogP contribution in [0.4, 0.5) is 0 Å². The maximum absolute atomic E-state index is 12.1. The summed E-state index contributed by atoms with van der Waals surface area (Å²) in [6.45, 7) is 0.0939. The monoisotopic (exact) mass is 245 g/mol. The molecule has 0 spiro atoms. The molecule has 1 saturated carbocycles. The minimum absolute atomic E-state index is 0.0871. The summed E-state index contributed by atoms with van der Waals surface area (Å²) in [5.74, 6) is -0.0871. The number of rotatable bonds is 3. The second kappa shape index (κ2) is 4.01. The molecular weight excluding hydrogens is 230 g/mol. The third-order valence-corrected chi connectivity index (χ3v) is 3.30. The summed E-state index contributed by atoms with van der Waals surface area (Å²) in [7, 11) is 1.72. The normalized spacial score (nSPS) is 14.9. The summed E-state index contributed by atoms with van der Waals surface area (Å²) in [5.41, 5.74) is 1.50. The lowest BCUT2D eigenvalue weighted by Gasteiger charge is -2.04. The van der Waals surface area contributed by atoms with E-state index in [2.05, 4.69) is 5.32 Å². The Morgan fingerprint density at radius 1 is 1.33 bits per heavy atom. The average Bonchev–Trinajstić information content (AvgIpc) is 3.14. The number of aryl methyl sites for hydroxylation is 1. The van der Waals surface area contributed by atoms with Crippen LogP contribution < -0.4 is 11.0 Å². The molecule has 0 saturated heterocycles. The van der Waals surface area contributed by atoms with Gasteiger partial charge in [-0.15, -0.1) is 0 Å². The minimum Gasteiger partial charge on any atom is -0.352 e. The smallest absolute Gasteiger partial charge is 0.329 e. The van der Waals surface area contributed by atoms with Crippen molar-refractivity contribution >= 4 is 16.9 Å². The molecule has 1 aliphatic rings. The van der Waals surface area contributed by atoms with E-state index in [1.165, 1.54) is 4.57 Å². The molecule has 0 unspecified atom stereocenters. The van der Waals surface area contributed by atoms with Crippen molar-refractivity contribution in [2.24, 2.45) is 7.05 Å². The molecule has 1 aromatic carbocycles. The number of carbonyl (C=O) groups is 1. The highest BCUT2D eigenvalue weighted by molar-refractivity contribution is 5.81. The van der Waals surface area contributed by atoms with Gasteiger partial charge in [0.1, 0.15) is 6.54 Å². The summed E-state index contributed by atoms with van der Waals surface area (Å²) in [6, 6.07) is 7.82. The van der Waals surface area contributed by atoms with Gasteiger partial charge in [-0.2, -0.15) is 0 Å². The quantitative estimate of drug-likeness (QED) is 0.861. The second-order valence-electron chi connectivity index (χ2n) is 4.76. The first-order chi connectivity index (χ1) is 8.66. The van der Waals surface area contributed by atoms with Crippen molar-refractivity contribution in [3.05, 3.63) is 34.7 Å². The standard InChI is InChI=1S/C13H15N3O2/c1-15-10-4-2-3-5-11(10)16(13(15)18)8-12(17)14-9-6-7-9/h2-5,9H,6-8H2,1H3,(H,14,17). The summed E-state index contributed by atoms with van der Waals surface area (Å²) in [4.78, 5) is 23.9. The number of carbonyl (C=O) groups excluding carboxylic acids is 1. The molecule has 0 aliphatic heterocycles. The Morgan fingerprint density at radius 2 is 2.00 bits per heavy atom. The number of hydrogen-bond donors (Lipinski definition) is 1. The summed E-state index contributed by atoms with van der Waals surface area (Å²) >= 11 is 0. The van der Waals surface area contributed by atoms with Crippen LogP contribution in [-0.4, -0.2) is 21.1 Å². The molecule has 1 aliphatic carbocycles. The molecule has 5 heteroatoms. The molecule has 1 fully saturated rings. The molecule has 0 atom stereocenters. The summed E-state index contributed by atoms with van der Waals surface area (Å²) in [6.07, 6.45) is 2.10. The lowest BCUT2D eigenvalue weighted by atomic mass is 10.3. The molecule has 18 heavy (non-hydrogen) atoms. The van der Waals surface area contributed by atoms with E-state index in [1.807, 2.05) is 24.3 Å². The number of aromatic nitrogens is 2. The topological polar surface area (TPSA) is 56.0 Å². The van der Waals surface area contributed by atoms with Gasteiger partial charge in [0.15, 0.2) is 0 Å². The van der Waals surface area contributed by atoms with E-state index < -0.39 is 0 Å². The van der Waals surface area contributed by atoms with Crippen LogP contribution in [0.25, 0.3) is 11.0 Å². The Morgan fingerprint density at radius 3 is 2.67 bits per heavy atom. The van der Waals surface area contributed by atoms with Crippen LogP contribution in [0.2, 0.25) is 0 Å². The van der Waals surface area contributed by atoms with Crippen molar-refractivity contribution < 1.29 is 4.79 Å². The molecule has 0 radical (unpaired) electrons. The molecule has 1 heterocycles. The van der Waals surface area contributed by atoms with Gasteiger partial charge in [0.05, 0.1) is 11.0 Å². The molecule has 5 nitrogen and oxygen atoms in total. The molecule has 1 aromatic heterocycles. The number of benzene rings is 1. The lowest BCUT2D eigenvalue weighted by molar-refractivity contribution is -0.121. The Kier molecular flexibility index (Phi) is 2.47. The molecular formula is C13H15N3O2. The van der Waals surface area contributed by atoms with E-state index in [0.717, 1.165) is 23.9 Å². The predicted molar refractivity (Wildman–Crippen MR) is 68.3 cm³/mol. The predicted octanol–water partition coefficient (Wildman–Crippen LogP) is 0.619. The third-order valence-electron chi connectivity index (χ3n) is 3.30. The Bertz CT molecular complexity index is 664. The van der Waals surface area contributed by atoms with Crippen molar-refractivity contribution in [1.82, 2.24) is 14.5 Å². The zero-order valence-corrected chi connectivity index (χ0v) is 10.2. The summed E-state index contributed by atoms with van der Waals surface area (Å²) in [5, 5.41) is 2.90. The molecule has 0 bridgehead atoms. The van der Waals surface area contributed by atoms with E-state index in [-0.39, 0.29) is 18.1 Å². The van der Waals surface area contributed by atoms with Gasteiger partial charge in [0.25, 0.3) is 0 Å². The van der Waals surface area contributed by atoms with Gasteiger partial charge in [0, 0.05) is 13.1 Å². The van der Waals surface area contributed by atoms with Crippen molar-refractivity contribution in [2.45, 2.75) is 25.4 Å². The fourth-order valence-electron chi connectivity index (χ4n) is 2.16. The van der Waals surface area contributed by atoms with Crippen molar-refractivity contribution in [3.8, 4) is 0 Å². The van der Waals surface area contributed by atoms with Crippen LogP contribution in [0.1, 0.15) is 12.8 Å². The molecule has 1 amide bonds. The van der Waals surface area contributed by atoms with E-state index >= 15 is 0 Å². The molecule has 94 valence electrons. The van der Waals surface area contributed by atoms with Crippen LogP contribution in [0.5, 0.6) is 0 Å². The van der Waals surface area contributed by atoms with Crippen LogP contribution in [0, 0.1) is 0 Å². The third kappa shape index (κ3) is 1.81. The Labute approximate surface area is 104 Å². The van der Waals surface area contributed by atoms with Crippen molar-refractivity contribution in [3.63, 3.8) is 0 Å². The number of nitrogens with zero attached hydrogens (tertiary/aromatic N) is 2. The zero-order chi connectivity index (χ0) is 12.7. The fraction of sp³-hybridized carbons (Fsp3) is 0.385. The number of hydrogen-bond acceptors (Lipinski definition) is 2. The molecule has 1 N–H and O–H groups in total. The zero-order valence-electron chi connectivity index (χ0n) is 10.2. The molecule has 2 aromatic rings. The van der Waals surface area contributed by atoms with Gasteiger partial charge in [-0.3, -0.25) is 13.9 Å². The first-order valence-electron chi connectivity index (χ1n) is 6.10. The van der Waals surface area contributed by atoms with Gasteiger partial charge < -0.3 is 5.32 Å². The van der Waals surface area contributed by atoms with E-state index in [0.29, 0.717) is 6.04 Å². The first-order valence-corrected chi connectivity index (χ1v) is 6.10. The minimum atomic E-state index is -0.151. The van der Waals surface area contributed by atoms with E-state index in [4.69, 9.17) is 0 Å². The number of imidazole rings is 1. The van der Waals surface area contributed by atoms with Crippen molar-refractivity contribution in [1.29, 1.82) is 0 Å². The molecule has 3 rings (SSSR count). The van der Waals surface area contributed by atoms with Gasteiger partial charge in [-0.05, 0) is 25.0 Å². The Balaban J connectivity index is 1.97. The number of amides is 1. The van der Waals surface area contributed by atoms with Gasteiger partial charge >= 0.3 is 5.69 Å². The van der Waals surface area contributed by atoms with Crippen LogP contribution in [0.15, 0.2) is 29.1 Å². The number of nitrogens with one attached hydrogen (secondary N) is 1. The maximum Gasteiger partial charge on any atom is 0.329 e. The summed E-state index contributed by atoms with van der Waals surface area (Å²) < 4.78 is 3.09. The fourth-order valence-corrected chi connectivity index (χ4v) is 2.16. The highest BCUT2D eigenvalue weighted by Gasteiger charge is 2.24. The highest BCUT2D eigenvalue weighted by atomic mass is 16.2. The largest absolute Gasteiger partial charge is 0.352 e. The van der Waals surface area contributed by atoms with Gasteiger partial charge in [-0.25, -0.2) is 4.79 Å². The second-order valence-corrected chi connectivity index (χ2v) is 4.76. The van der Waals surface area contributed by atoms with E-state index in [9.17, 15) is 9.59 Å². The van der Waals surface area contributed by atoms with Crippen LogP contribution in [0.3, 0.4) is 0 Å². The Hall–Kier alpha value is -2.04. The first kappa shape index (κ1) is 11.1. The number of fused-ring (bicyclic) bond motifs is 1. The highest BCUT2D eigenvalue weighted by Crippen LogP contribution is 2.18. The van der Waals surface area contributed by atoms with E-state index in [1.54, 1.807) is 11.6 Å². The lowest BCUT2D eigenvalue weighted by Crippen LogP contribution is -2.33.